The maximum absolute atomic E-state index is 9.22. The molecule has 5 heteroatoms. The van der Waals surface area contributed by atoms with E-state index < -0.39 is 5.41 Å². The van der Waals surface area contributed by atoms with Crippen LogP contribution in [0, 0.1) is 16.7 Å². The monoisotopic (exact) mass is 206 g/mol. The van der Waals surface area contributed by atoms with Gasteiger partial charge in [-0.25, -0.2) is 0 Å². The number of aromatic nitrogens is 3. The summed E-state index contributed by atoms with van der Waals surface area (Å²) in [6.45, 7) is 1.28. The lowest BCUT2D eigenvalue weighted by Gasteiger charge is -2.29. The number of hydrogen-bond acceptors (Lipinski definition) is 4. The van der Waals surface area contributed by atoms with Gasteiger partial charge >= 0.3 is 0 Å². The normalized spacial score (nSPS) is 26.1. The lowest BCUT2D eigenvalue weighted by molar-refractivity contribution is 0.0219. The first-order valence-electron chi connectivity index (χ1n) is 5.08. The van der Waals surface area contributed by atoms with Crippen LogP contribution in [0.1, 0.15) is 18.5 Å². The summed E-state index contributed by atoms with van der Waals surface area (Å²) >= 11 is 0. The van der Waals surface area contributed by atoms with E-state index in [4.69, 9.17) is 4.74 Å². The number of nitriles is 1. The Morgan fingerprint density at radius 3 is 3.13 bits per heavy atom. The van der Waals surface area contributed by atoms with E-state index in [1.807, 2.05) is 13.2 Å². The zero-order chi connectivity index (χ0) is 10.7. The van der Waals surface area contributed by atoms with Crippen molar-refractivity contribution in [2.45, 2.75) is 19.3 Å². The van der Waals surface area contributed by atoms with E-state index in [9.17, 15) is 5.26 Å². The van der Waals surface area contributed by atoms with Crippen LogP contribution in [0.2, 0.25) is 0 Å². The Bertz CT molecular complexity index is 373. The second-order valence-electron chi connectivity index (χ2n) is 4.11. The number of nitrogens with zero attached hydrogens (tertiary/aromatic N) is 4. The van der Waals surface area contributed by atoms with Gasteiger partial charge in [0.15, 0.2) is 0 Å². The molecule has 1 aromatic rings. The largest absolute Gasteiger partial charge is 0.380 e. The number of ether oxygens (including phenoxy) is 1. The Hall–Kier alpha value is -1.41. The fraction of sp³-hybridized carbons (Fsp3) is 0.700. The first-order valence-corrected chi connectivity index (χ1v) is 5.08. The molecule has 0 radical (unpaired) electrons. The van der Waals surface area contributed by atoms with E-state index in [1.54, 1.807) is 4.68 Å². The van der Waals surface area contributed by atoms with E-state index in [0.29, 0.717) is 13.0 Å². The molecule has 5 nitrogen and oxygen atoms in total. The molecular formula is C10H14N4O. The fourth-order valence-electron chi connectivity index (χ4n) is 1.94. The van der Waals surface area contributed by atoms with Gasteiger partial charge in [0.25, 0.3) is 0 Å². The summed E-state index contributed by atoms with van der Waals surface area (Å²) < 4.78 is 7.03. The highest BCUT2D eigenvalue weighted by atomic mass is 16.5. The highest BCUT2D eigenvalue weighted by molar-refractivity contribution is 5.08. The third-order valence-corrected chi connectivity index (χ3v) is 2.73. The molecule has 0 aliphatic carbocycles. The van der Waals surface area contributed by atoms with Crippen LogP contribution in [0.3, 0.4) is 0 Å². The van der Waals surface area contributed by atoms with E-state index in [0.717, 1.165) is 25.1 Å². The number of rotatable bonds is 2. The summed E-state index contributed by atoms with van der Waals surface area (Å²) in [6, 6.07) is 2.37. The van der Waals surface area contributed by atoms with Gasteiger partial charge in [0.2, 0.25) is 0 Å². The summed E-state index contributed by atoms with van der Waals surface area (Å²) in [7, 11) is 1.83. The summed E-state index contributed by atoms with van der Waals surface area (Å²) in [5.74, 6) is 0. The first-order chi connectivity index (χ1) is 7.24. The van der Waals surface area contributed by atoms with E-state index in [1.165, 1.54) is 0 Å². The molecule has 0 bridgehead atoms. The minimum atomic E-state index is -0.395. The Morgan fingerprint density at radius 2 is 2.60 bits per heavy atom. The van der Waals surface area contributed by atoms with Gasteiger partial charge in [-0.2, -0.15) is 5.26 Å². The molecule has 0 saturated carbocycles. The third kappa shape index (κ3) is 2.16. The van der Waals surface area contributed by atoms with Crippen molar-refractivity contribution in [2.75, 3.05) is 13.2 Å². The van der Waals surface area contributed by atoms with Crippen molar-refractivity contribution in [3.63, 3.8) is 0 Å². The van der Waals surface area contributed by atoms with Crippen molar-refractivity contribution in [1.29, 1.82) is 5.26 Å². The SMILES string of the molecule is Cn1cc(CC2(C#N)CCCOC2)nn1. The molecule has 1 aliphatic heterocycles. The molecule has 0 amide bonds. The third-order valence-electron chi connectivity index (χ3n) is 2.73. The van der Waals surface area contributed by atoms with Crippen molar-refractivity contribution in [3.8, 4) is 6.07 Å². The van der Waals surface area contributed by atoms with E-state index in [-0.39, 0.29) is 0 Å². The minimum Gasteiger partial charge on any atom is -0.380 e. The van der Waals surface area contributed by atoms with E-state index >= 15 is 0 Å². The van der Waals surface area contributed by atoms with Crippen LogP contribution in [0.5, 0.6) is 0 Å². The van der Waals surface area contributed by atoms with Gasteiger partial charge in [-0.3, -0.25) is 4.68 Å². The first kappa shape index (κ1) is 10.1. The number of aryl methyl sites for hydroxylation is 1. The summed E-state index contributed by atoms with van der Waals surface area (Å²) in [5.41, 5.74) is 0.471. The van der Waals surface area contributed by atoms with Crippen LogP contribution >= 0.6 is 0 Å². The second kappa shape index (κ2) is 3.99. The Balaban J connectivity index is 2.11. The number of hydrogen-bond donors (Lipinski definition) is 0. The Morgan fingerprint density at radius 1 is 1.73 bits per heavy atom. The predicted octanol–water partition coefficient (Wildman–Crippen LogP) is 0.678. The molecule has 80 valence electrons. The maximum atomic E-state index is 9.22. The molecule has 1 saturated heterocycles. The quantitative estimate of drug-likeness (QED) is 0.713. The van der Waals surface area contributed by atoms with Crippen molar-refractivity contribution < 1.29 is 4.74 Å². The van der Waals surface area contributed by atoms with Crippen molar-refractivity contribution in [3.05, 3.63) is 11.9 Å². The second-order valence-corrected chi connectivity index (χ2v) is 4.11. The van der Waals surface area contributed by atoms with Gasteiger partial charge in [-0.15, -0.1) is 5.10 Å². The molecule has 1 fully saturated rings. The molecule has 0 aromatic carbocycles. The van der Waals surface area contributed by atoms with Crippen LogP contribution in [0.15, 0.2) is 6.20 Å². The molecule has 1 unspecified atom stereocenters. The van der Waals surface area contributed by atoms with Gasteiger partial charge in [0.1, 0.15) is 0 Å². The van der Waals surface area contributed by atoms with Gasteiger partial charge in [-0.05, 0) is 12.8 Å². The van der Waals surface area contributed by atoms with Gasteiger partial charge in [-0.1, -0.05) is 5.21 Å². The zero-order valence-electron chi connectivity index (χ0n) is 8.81. The summed E-state index contributed by atoms with van der Waals surface area (Å²) in [5, 5.41) is 17.1. The van der Waals surface area contributed by atoms with E-state index in [2.05, 4.69) is 16.4 Å². The van der Waals surface area contributed by atoms with Crippen LogP contribution < -0.4 is 0 Å². The van der Waals surface area contributed by atoms with Crippen molar-refractivity contribution >= 4 is 0 Å². The van der Waals surface area contributed by atoms with Crippen LogP contribution in [-0.2, 0) is 18.2 Å². The standard InChI is InChI=1S/C10H14N4O/c1-14-6-9(12-13-14)5-10(7-11)3-2-4-15-8-10/h6H,2-5,8H2,1H3. The highest BCUT2D eigenvalue weighted by Gasteiger charge is 2.34. The maximum Gasteiger partial charge on any atom is 0.0864 e. The lowest BCUT2D eigenvalue weighted by Crippen LogP contribution is -2.32. The molecule has 15 heavy (non-hydrogen) atoms. The van der Waals surface area contributed by atoms with Crippen LogP contribution in [0.4, 0.5) is 0 Å². The summed E-state index contributed by atoms with van der Waals surface area (Å²) in [4.78, 5) is 0. The summed E-state index contributed by atoms with van der Waals surface area (Å²) in [6.07, 6.45) is 4.33. The molecule has 1 atom stereocenters. The topological polar surface area (TPSA) is 63.7 Å². The average Bonchev–Trinajstić information content (AvgIpc) is 2.65. The predicted molar refractivity (Wildman–Crippen MR) is 52.8 cm³/mol. The molecule has 1 aromatic heterocycles. The smallest absolute Gasteiger partial charge is 0.0864 e. The Labute approximate surface area is 88.6 Å². The lowest BCUT2D eigenvalue weighted by atomic mass is 9.80. The van der Waals surface area contributed by atoms with Crippen molar-refractivity contribution in [2.24, 2.45) is 12.5 Å². The average molecular weight is 206 g/mol. The molecule has 1 aliphatic rings. The van der Waals surface area contributed by atoms with Gasteiger partial charge < -0.3 is 4.74 Å². The van der Waals surface area contributed by atoms with Crippen LogP contribution in [0.25, 0.3) is 0 Å². The minimum absolute atomic E-state index is 0.395. The molecule has 0 spiro atoms. The molecule has 0 N–H and O–H groups in total. The van der Waals surface area contributed by atoms with Crippen LogP contribution in [-0.4, -0.2) is 28.2 Å². The highest BCUT2D eigenvalue weighted by Crippen LogP contribution is 2.31. The van der Waals surface area contributed by atoms with Gasteiger partial charge in [0.05, 0.1) is 23.8 Å². The molecule has 2 rings (SSSR count). The Kier molecular flexibility index (Phi) is 2.69. The van der Waals surface area contributed by atoms with Gasteiger partial charge in [0, 0.05) is 26.3 Å². The zero-order valence-corrected chi connectivity index (χ0v) is 8.81. The van der Waals surface area contributed by atoms with Crippen molar-refractivity contribution in [1.82, 2.24) is 15.0 Å². The molecule has 2 heterocycles. The fourth-order valence-corrected chi connectivity index (χ4v) is 1.94. The molecular weight excluding hydrogens is 192 g/mol.